The SMILES string of the molecule is CN(C)CCCON=C1c2ccccc2OC2(c3cccc(Cl)c3)CC12. The number of oxime groups is 1. The Kier molecular flexibility index (Phi) is 4.63. The van der Waals surface area contributed by atoms with E-state index >= 15 is 0 Å². The van der Waals surface area contributed by atoms with Gasteiger partial charge in [-0.2, -0.15) is 0 Å². The quantitative estimate of drug-likeness (QED) is 0.561. The maximum atomic E-state index is 6.42. The van der Waals surface area contributed by atoms with Crippen molar-refractivity contribution in [2.45, 2.75) is 18.4 Å². The summed E-state index contributed by atoms with van der Waals surface area (Å²) >= 11 is 6.21. The molecule has 2 unspecified atom stereocenters. The molecule has 4 nitrogen and oxygen atoms in total. The van der Waals surface area contributed by atoms with Crippen molar-refractivity contribution < 1.29 is 9.57 Å². The molecule has 0 radical (unpaired) electrons. The van der Waals surface area contributed by atoms with Gasteiger partial charge in [-0.1, -0.05) is 41.0 Å². The molecule has 0 N–H and O–H groups in total. The fraction of sp³-hybridized carbons (Fsp3) is 0.381. The Bertz CT molecular complexity index is 836. The molecule has 1 heterocycles. The number of ether oxygens (including phenoxy) is 1. The molecule has 0 bridgehead atoms. The van der Waals surface area contributed by atoms with E-state index in [1.54, 1.807) is 0 Å². The van der Waals surface area contributed by atoms with Crippen LogP contribution in [0, 0.1) is 5.92 Å². The van der Waals surface area contributed by atoms with E-state index in [-0.39, 0.29) is 11.5 Å². The standard InChI is InChI=1S/C21H23ClN2O2/c1-24(2)11-6-12-25-23-20-17-9-3-4-10-19(17)26-21(14-18(20)21)15-7-5-8-16(22)13-15/h3-5,7-10,13,18H,6,11-12,14H2,1-2H3. The molecule has 0 saturated heterocycles. The Morgan fingerprint density at radius 3 is 2.88 bits per heavy atom. The first-order valence-corrected chi connectivity index (χ1v) is 9.37. The second kappa shape index (κ2) is 6.93. The van der Waals surface area contributed by atoms with Gasteiger partial charge in [0.05, 0.1) is 11.6 Å². The molecule has 1 fully saturated rings. The Morgan fingerprint density at radius 2 is 2.08 bits per heavy atom. The maximum Gasteiger partial charge on any atom is 0.143 e. The summed E-state index contributed by atoms with van der Waals surface area (Å²) in [6.45, 7) is 1.60. The van der Waals surface area contributed by atoms with Gasteiger partial charge < -0.3 is 14.5 Å². The fourth-order valence-corrected chi connectivity index (χ4v) is 3.82. The molecule has 5 heteroatoms. The summed E-state index contributed by atoms with van der Waals surface area (Å²) in [5.74, 6) is 1.06. The van der Waals surface area contributed by atoms with Gasteiger partial charge in [-0.25, -0.2) is 0 Å². The molecule has 2 aromatic rings. The summed E-state index contributed by atoms with van der Waals surface area (Å²) < 4.78 is 6.42. The number of hydrogen-bond acceptors (Lipinski definition) is 4. The van der Waals surface area contributed by atoms with Gasteiger partial charge in [0.15, 0.2) is 0 Å². The zero-order valence-electron chi connectivity index (χ0n) is 15.1. The average Bonchev–Trinajstić information content (AvgIpc) is 3.36. The first-order chi connectivity index (χ1) is 12.6. The number of hydrogen-bond donors (Lipinski definition) is 0. The highest BCUT2D eigenvalue weighted by Crippen LogP contribution is 2.60. The lowest BCUT2D eigenvalue weighted by atomic mass is 9.96. The van der Waals surface area contributed by atoms with Gasteiger partial charge in [0.2, 0.25) is 0 Å². The monoisotopic (exact) mass is 370 g/mol. The highest BCUT2D eigenvalue weighted by Gasteiger charge is 2.64. The average molecular weight is 371 g/mol. The lowest BCUT2D eigenvalue weighted by molar-refractivity contribution is 0.129. The van der Waals surface area contributed by atoms with Crippen LogP contribution in [0.25, 0.3) is 0 Å². The molecule has 1 saturated carbocycles. The smallest absolute Gasteiger partial charge is 0.143 e. The first kappa shape index (κ1) is 17.4. The molecule has 0 amide bonds. The van der Waals surface area contributed by atoms with E-state index < -0.39 is 0 Å². The van der Waals surface area contributed by atoms with Crippen LogP contribution in [-0.2, 0) is 10.4 Å². The minimum absolute atomic E-state index is 0.199. The summed E-state index contributed by atoms with van der Waals surface area (Å²) in [5, 5.41) is 5.25. The third-order valence-electron chi connectivity index (χ3n) is 5.01. The zero-order chi connectivity index (χ0) is 18.1. The van der Waals surface area contributed by atoms with Gasteiger partial charge in [-0.15, -0.1) is 0 Å². The molecular formula is C21H23ClN2O2. The number of fused-ring (bicyclic) bond motifs is 2. The number of halogens is 1. The van der Waals surface area contributed by atoms with Crippen LogP contribution in [0.5, 0.6) is 5.75 Å². The number of nitrogens with zero attached hydrogens (tertiary/aromatic N) is 2. The Morgan fingerprint density at radius 1 is 1.23 bits per heavy atom. The van der Waals surface area contributed by atoms with Crippen LogP contribution in [0.1, 0.15) is 24.0 Å². The van der Waals surface area contributed by atoms with Gasteiger partial charge >= 0.3 is 0 Å². The largest absolute Gasteiger partial charge is 0.481 e. The Hall–Kier alpha value is -2.04. The molecule has 0 spiro atoms. The van der Waals surface area contributed by atoms with Crippen LogP contribution in [0.3, 0.4) is 0 Å². The molecule has 2 aromatic carbocycles. The molecule has 26 heavy (non-hydrogen) atoms. The summed E-state index contributed by atoms with van der Waals surface area (Å²) in [7, 11) is 4.12. The van der Waals surface area contributed by atoms with E-state index in [0.29, 0.717) is 6.61 Å². The molecule has 136 valence electrons. The van der Waals surface area contributed by atoms with Gasteiger partial charge in [0.1, 0.15) is 18.0 Å². The van der Waals surface area contributed by atoms with Crippen LogP contribution in [0.4, 0.5) is 0 Å². The third-order valence-corrected chi connectivity index (χ3v) is 5.25. The summed E-state index contributed by atoms with van der Waals surface area (Å²) in [5.41, 5.74) is 2.74. The number of rotatable bonds is 6. The highest BCUT2D eigenvalue weighted by molar-refractivity contribution is 6.30. The van der Waals surface area contributed by atoms with Crippen molar-refractivity contribution in [2.75, 3.05) is 27.2 Å². The lowest BCUT2D eigenvalue weighted by Gasteiger charge is -2.27. The van der Waals surface area contributed by atoms with E-state index in [9.17, 15) is 0 Å². The van der Waals surface area contributed by atoms with E-state index in [1.807, 2.05) is 36.4 Å². The second-order valence-electron chi connectivity index (χ2n) is 7.22. The molecule has 2 aliphatic rings. The fourth-order valence-electron chi connectivity index (χ4n) is 3.63. The molecular weight excluding hydrogens is 348 g/mol. The summed E-state index contributed by atoms with van der Waals surface area (Å²) in [6.07, 6.45) is 1.84. The topological polar surface area (TPSA) is 34.1 Å². The molecule has 1 aliphatic heterocycles. The molecule has 1 aliphatic carbocycles. The maximum absolute atomic E-state index is 6.42. The van der Waals surface area contributed by atoms with Crippen LogP contribution in [0.15, 0.2) is 53.7 Å². The van der Waals surface area contributed by atoms with Crippen molar-refractivity contribution in [3.63, 3.8) is 0 Å². The minimum atomic E-state index is -0.370. The number of para-hydroxylation sites is 1. The summed E-state index contributed by atoms with van der Waals surface area (Å²) in [4.78, 5) is 7.81. The van der Waals surface area contributed by atoms with Crippen molar-refractivity contribution in [1.82, 2.24) is 4.90 Å². The predicted molar refractivity (Wildman–Crippen MR) is 104 cm³/mol. The third kappa shape index (κ3) is 3.19. The zero-order valence-corrected chi connectivity index (χ0v) is 15.9. The van der Waals surface area contributed by atoms with Crippen molar-refractivity contribution in [3.8, 4) is 5.75 Å². The predicted octanol–water partition coefficient (Wildman–Crippen LogP) is 4.32. The lowest BCUT2D eigenvalue weighted by Crippen LogP contribution is -2.28. The Labute approximate surface area is 159 Å². The van der Waals surface area contributed by atoms with Crippen LogP contribution in [-0.4, -0.2) is 37.9 Å². The van der Waals surface area contributed by atoms with Crippen LogP contribution in [0.2, 0.25) is 5.02 Å². The van der Waals surface area contributed by atoms with E-state index in [1.165, 1.54) is 0 Å². The van der Waals surface area contributed by atoms with E-state index in [2.05, 4.69) is 36.3 Å². The highest BCUT2D eigenvalue weighted by atomic mass is 35.5. The van der Waals surface area contributed by atoms with Gasteiger partial charge in [-0.05, 0) is 50.3 Å². The summed E-state index contributed by atoms with van der Waals surface area (Å²) in [6, 6.07) is 16.0. The van der Waals surface area contributed by atoms with Crippen molar-refractivity contribution in [1.29, 1.82) is 0 Å². The van der Waals surface area contributed by atoms with E-state index in [4.69, 9.17) is 21.2 Å². The van der Waals surface area contributed by atoms with Gasteiger partial charge in [0, 0.05) is 23.6 Å². The molecule has 2 atom stereocenters. The van der Waals surface area contributed by atoms with Crippen molar-refractivity contribution >= 4 is 17.3 Å². The van der Waals surface area contributed by atoms with E-state index in [0.717, 1.165) is 47.0 Å². The van der Waals surface area contributed by atoms with Crippen molar-refractivity contribution in [3.05, 3.63) is 64.7 Å². The normalized spacial score (nSPS) is 24.8. The number of benzene rings is 2. The van der Waals surface area contributed by atoms with Gasteiger partial charge in [0.25, 0.3) is 0 Å². The molecule has 0 aromatic heterocycles. The molecule has 4 rings (SSSR count). The Balaban J connectivity index is 1.60. The van der Waals surface area contributed by atoms with Crippen molar-refractivity contribution in [2.24, 2.45) is 11.1 Å². The first-order valence-electron chi connectivity index (χ1n) is 8.99. The minimum Gasteiger partial charge on any atom is -0.481 e. The van der Waals surface area contributed by atoms with Gasteiger partial charge in [-0.3, -0.25) is 0 Å². The second-order valence-corrected chi connectivity index (χ2v) is 7.66. The van der Waals surface area contributed by atoms with Crippen LogP contribution >= 0.6 is 11.6 Å². The van der Waals surface area contributed by atoms with Crippen LogP contribution < -0.4 is 4.74 Å².